The zero-order valence-corrected chi connectivity index (χ0v) is 21.1. The van der Waals surface area contributed by atoms with Crippen molar-refractivity contribution in [1.29, 1.82) is 0 Å². The van der Waals surface area contributed by atoms with Crippen LogP contribution in [-0.4, -0.2) is 35.1 Å². The second kappa shape index (κ2) is 10.6. The van der Waals surface area contributed by atoms with E-state index in [0.717, 1.165) is 40.4 Å². The molecule has 1 aliphatic rings. The van der Waals surface area contributed by atoms with Crippen molar-refractivity contribution in [3.05, 3.63) is 82.9 Å². The van der Waals surface area contributed by atoms with Crippen molar-refractivity contribution in [2.45, 2.75) is 30.2 Å². The fourth-order valence-electron chi connectivity index (χ4n) is 4.26. The maximum atomic E-state index is 13.6. The standard InChI is InChI=1S/C26H27ClN2O5S/c1-33-21-9-12-23(13-10-21)35(31,32)29(20-7-4-6-19(27)16-20)17-26(30)28-25-8-3-5-18-15-22(34-2)11-14-24(18)25/h4,6-7,9-16,25H,3,5,8,17H2,1-2H3,(H,28,30). The minimum absolute atomic E-state index is 0.0428. The Bertz CT molecular complexity index is 1310. The number of methoxy groups -OCH3 is 2. The number of carbonyl (C=O) groups is 1. The molecule has 0 aromatic heterocycles. The van der Waals surface area contributed by atoms with E-state index in [-0.39, 0.29) is 10.9 Å². The van der Waals surface area contributed by atoms with Crippen molar-refractivity contribution in [3.8, 4) is 11.5 Å². The van der Waals surface area contributed by atoms with E-state index < -0.39 is 22.5 Å². The van der Waals surface area contributed by atoms with E-state index in [9.17, 15) is 13.2 Å². The van der Waals surface area contributed by atoms with Crippen molar-refractivity contribution in [2.75, 3.05) is 25.1 Å². The predicted octanol–water partition coefficient (Wildman–Crippen LogP) is 4.75. The molecular weight excluding hydrogens is 488 g/mol. The van der Waals surface area contributed by atoms with Crippen LogP contribution in [0.4, 0.5) is 5.69 Å². The number of nitrogens with one attached hydrogen (secondary N) is 1. The highest BCUT2D eigenvalue weighted by Gasteiger charge is 2.29. The summed E-state index contributed by atoms with van der Waals surface area (Å²) in [7, 11) is -0.931. The van der Waals surface area contributed by atoms with E-state index in [1.54, 1.807) is 37.4 Å². The maximum Gasteiger partial charge on any atom is 0.264 e. The lowest BCUT2D eigenvalue weighted by Gasteiger charge is -2.29. The molecule has 184 valence electrons. The van der Waals surface area contributed by atoms with Gasteiger partial charge in [-0.15, -0.1) is 0 Å². The number of hydrogen-bond acceptors (Lipinski definition) is 5. The van der Waals surface area contributed by atoms with Crippen LogP contribution in [0.5, 0.6) is 11.5 Å². The van der Waals surface area contributed by atoms with Crippen LogP contribution in [0.25, 0.3) is 0 Å². The van der Waals surface area contributed by atoms with Gasteiger partial charge in [0.15, 0.2) is 0 Å². The number of hydrogen-bond donors (Lipinski definition) is 1. The summed E-state index contributed by atoms with van der Waals surface area (Å²) in [6.07, 6.45) is 2.58. The number of aryl methyl sites for hydroxylation is 1. The van der Waals surface area contributed by atoms with E-state index in [0.29, 0.717) is 16.5 Å². The number of rotatable bonds is 8. The number of ether oxygens (including phenoxy) is 2. The predicted molar refractivity (Wildman–Crippen MR) is 136 cm³/mol. The molecule has 7 nitrogen and oxygen atoms in total. The number of benzene rings is 3. The van der Waals surface area contributed by atoms with Crippen LogP contribution in [0.2, 0.25) is 5.02 Å². The van der Waals surface area contributed by atoms with Gasteiger partial charge < -0.3 is 14.8 Å². The van der Waals surface area contributed by atoms with Gasteiger partial charge >= 0.3 is 0 Å². The molecule has 1 aliphatic carbocycles. The highest BCUT2D eigenvalue weighted by atomic mass is 35.5. The van der Waals surface area contributed by atoms with Crippen LogP contribution in [0.15, 0.2) is 71.6 Å². The Morgan fingerprint density at radius 1 is 1.03 bits per heavy atom. The fourth-order valence-corrected chi connectivity index (χ4v) is 5.86. The van der Waals surface area contributed by atoms with E-state index in [1.165, 1.54) is 25.3 Å². The van der Waals surface area contributed by atoms with E-state index in [2.05, 4.69) is 5.32 Å². The van der Waals surface area contributed by atoms with Gasteiger partial charge in [-0.1, -0.05) is 23.7 Å². The summed E-state index contributed by atoms with van der Waals surface area (Å²) in [5.41, 5.74) is 2.45. The Morgan fingerprint density at radius 3 is 2.43 bits per heavy atom. The van der Waals surface area contributed by atoms with E-state index in [1.807, 2.05) is 18.2 Å². The van der Waals surface area contributed by atoms with Crippen molar-refractivity contribution in [1.82, 2.24) is 5.32 Å². The Balaban J connectivity index is 1.61. The first-order chi connectivity index (χ1) is 16.8. The molecule has 0 saturated heterocycles. The first-order valence-electron chi connectivity index (χ1n) is 11.2. The lowest BCUT2D eigenvalue weighted by Crippen LogP contribution is -2.42. The van der Waals surface area contributed by atoms with Crippen molar-refractivity contribution in [3.63, 3.8) is 0 Å². The summed E-state index contributed by atoms with van der Waals surface area (Å²) >= 11 is 6.15. The number of carbonyl (C=O) groups excluding carboxylic acids is 1. The minimum Gasteiger partial charge on any atom is -0.497 e. The molecule has 0 heterocycles. The normalized spacial score (nSPS) is 15.1. The lowest BCUT2D eigenvalue weighted by molar-refractivity contribution is -0.120. The molecule has 0 radical (unpaired) electrons. The van der Waals surface area contributed by atoms with Crippen molar-refractivity contribution in [2.24, 2.45) is 0 Å². The van der Waals surface area contributed by atoms with Gasteiger partial charge in [-0.25, -0.2) is 8.42 Å². The van der Waals surface area contributed by atoms with Gasteiger partial charge in [0, 0.05) is 5.02 Å². The van der Waals surface area contributed by atoms with Gasteiger partial charge in [-0.05, 0) is 85.0 Å². The minimum atomic E-state index is -4.06. The third-order valence-corrected chi connectivity index (χ3v) is 8.05. The number of anilines is 1. The summed E-state index contributed by atoms with van der Waals surface area (Å²) in [4.78, 5) is 13.2. The topological polar surface area (TPSA) is 84.9 Å². The molecule has 0 spiro atoms. The zero-order valence-electron chi connectivity index (χ0n) is 19.5. The Morgan fingerprint density at radius 2 is 1.74 bits per heavy atom. The highest BCUT2D eigenvalue weighted by molar-refractivity contribution is 7.92. The average molecular weight is 515 g/mol. The van der Waals surface area contributed by atoms with Crippen molar-refractivity contribution < 1.29 is 22.7 Å². The summed E-state index contributed by atoms with van der Waals surface area (Å²) in [6.45, 7) is -0.392. The molecular formula is C26H27ClN2O5S. The molecule has 1 atom stereocenters. The number of fused-ring (bicyclic) bond motifs is 1. The number of sulfonamides is 1. The van der Waals surface area contributed by atoms with Crippen LogP contribution in [0.3, 0.4) is 0 Å². The quantitative estimate of drug-likeness (QED) is 0.469. The van der Waals surface area contributed by atoms with Crippen LogP contribution >= 0.6 is 11.6 Å². The second-order valence-corrected chi connectivity index (χ2v) is 10.5. The van der Waals surface area contributed by atoms with Crippen LogP contribution in [0.1, 0.15) is 30.0 Å². The Kier molecular flexibility index (Phi) is 7.52. The molecule has 0 bridgehead atoms. The molecule has 9 heteroatoms. The van der Waals surface area contributed by atoms with Gasteiger partial charge in [0.25, 0.3) is 10.0 Å². The molecule has 35 heavy (non-hydrogen) atoms. The summed E-state index contributed by atoms with van der Waals surface area (Å²) < 4.78 is 38.7. The van der Waals surface area contributed by atoms with Gasteiger partial charge in [-0.2, -0.15) is 0 Å². The number of halogens is 1. The summed E-state index contributed by atoms with van der Waals surface area (Å²) in [5.74, 6) is 0.896. The zero-order chi connectivity index (χ0) is 25.0. The number of nitrogens with zero attached hydrogens (tertiary/aromatic N) is 1. The third-order valence-electron chi connectivity index (χ3n) is 6.03. The van der Waals surface area contributed by atoms with Crippen LogP contribution in [0, 0.1) is 0 Å². The van der Waals surface area contributed by atoms with Gasteiger partial charge in [-0.3, -0.25) is 9.10 Å². The molecule has 1 unspecified atom stereocenters. The molecule has 0 aliphatic heterocycles. The number of amides is 1. The highest BCUT2D eigenvalue weighted by Crippen LogP contribution is 2.33. The molecule has 4 rings (SSSR count). The summed E-state index contributed by atoms with van der Waals surface area (Å²) in [6, 6.07) is 18.1. The van der Waals surface area contributed by atoms with Gasteiger partial charge in [0.05, 0.1) is 30.8 Å². The third kappa shape index (κ3) is 5.55. The van der Waals surface area contributed by atoms with Crippen LogP contribution < -0.4 is 19.1 Å². The van der Waals surface area contributed by atoms with E-state index in [4.69, 9.17) is 21.1 Å². The first kappa shape index (κ1) is 24.9. The maximum absolute atomic E-state index is 13.6. The fraction of sp³-hybridized carbons (Fsp3) is 0.269. The molecule has 0 saturated carbocycles. The smallest absolute Gasteiger partial charge is 0.264 e. The van der Waals surface area contributed by atoms with Crippen LogP contribution in [-0.2, 0) is 21.2 Å². The van der Waals surface area contributed by atoms with Gasteiger partial charge in [0.2, 0.25) is 5.91 Å². The van der Waals surface area contributed by atoms with E-state index >= 15 is 0 Å². The molecule has 3 aromatic rings. The largest absolute Gasteiger partial charge is 0.497 e. The second-order valence-electron chi connectivity index (χ2n) is 8.24. The summed E-state index contributed by atoms with van der Waals surface area (Å²) in [5, 5.41) is 3.40. The SMILES string of the molecule is COc1ccc(S(=O)(=O)N(CC(=O)NC2CCCc3cc(OC)ccc32)c2cccc(Cl)c2)cc1. The molecule has 0 fully saturated rings. The lowest BCUT2D eigenvalue weighted by atomic mass is 9.87. The molecule has 1 amide bonds. The molecule has 1 N–H and O–H groups in total. The molecule has 3 aromatic carbocycles. The monoisotopic (exact) mass is 514 g/mol. The Labute approximate surface area is 210 Å². The van der Waals surface area contributed by atoms with Crippen molar-refractivity contribution >= 4 is 33.2 Å². The first-order valence-corrected chi connectivity index (χ1v) is 13.0. The Hall–Kier alpha value is -3.23. The average Bonchev–Trinajstić information content (AvgIpc) is 2.87. The van der Waals surface area contributed by atoms with Gasteiger partial charge in [0.1, 0.15) is 18.0 Å².